The van der Waals surface area contributed by atoms with Crippen LogP contribution in [0.2, 0.25) is 5.02 Å². The first-order chi connectivity index (χ1) is 8.08. The van der Waals surface area contributed by atoms with Crippen molar-refractivity contribution in [2.75, 3.05) is 22.6 Å². The van der Waals surface area contributed by atoms with Gasteiger partial charge in [-0.2, -0.15) is 0 Å². The van der Waals surface area contributed by atoms with Crippen LogP contribution in [0.4, 0.5) is 11.4 Å². The van der Waals surface area contributed by atoms with Gasteiger partial charge >= 0.3 is 0 Å². The zero-order valence-electron chi connectivity index (χ0n) is 9.33. The monoisotopic (exact) mass is 272 g/mol. The third-order valence-corrected chi connectivity index (χ3v) is 3.73. The van der Waals surface area contributed by atoms with E-state index in [1.807, 2.05) is 12.1 Å². The van der Waals surface area contributed by atoms with Crippen molar-refractivity contribution >= 4 is 39.7 Å². The highest BCUT2D eigenvalue weighted by Gasteiger charge is 2.26. The van der Waals surface area contributed by atoms with E-state index in [0.717, 1.165) is 5.69 Å². The molecule has 1 amide bonds. The van der Waals surface area contributed by atoms with Crippen LogP contribution in [0.5, 0.6) is 0 Å². The van der Waals surface area contributed by atoms with E-state index in [0.29, 0.717) is 22.9 Å². The lowest BCUT2D eigenvalue weighted by atomic mass is 10.1. The summed E-state index contributed by atoms with van der Waals surface area (Å²) in [5.74, 6) is 0.372. The molecule has 92 valence electrons. The Labute approximate surface area is 107 Å². The summed E-state index contributed by atoms with van der Waals surface area (Å²) in [5.41, 5.74) is 1.43. The number of carbonyl (C=O) groups is 1. The Morgan fingerprint density at radius 3 is 2.94 bits per heavy atom. The number of fused-ring (bicyclic) bond motifs is 1. The molecule has 2 N–H and O–H groups in total. The highest BCUT2D eigenvalue weighted by Crippen LogP contribution is 2.33. The zero-order valence-corrected chi connectivity index (χ0v) is 10.9. The number of hydrogen-bond donors (Lipinski definition) is 2. The Morgan fingerprint density at radius 2 is 2.24 bits per heavy atom. The van der Waals surface area contributed by atoms with Gasteiger partial charge in [-0.25, -0.2) is 0 Å². The number of rotatable bonds is 3. The molecule has 0 bridgehead atoms. The Hall–Kier alpha value is -1.07. The molecule has 0 saturated carbocycles. The van der Waals surface area contributed by atoms with E-state index in [4.69, 9.17) is 11.6 Å². The zero-order chi connectivity index (χ0) is 12.4. The number of hydrogen-bond acceptors (Lipinski definition) is 3. The maximum Gasteiger partial charge on any atom is 0.246 e. The fourth-order valence-electron chi connectivity index (χ4n) is 1.72. The van der Waals surface area contributed by atoms with Crippen molar-refractivity contribution in [1.29, 1.82) is 0 Å². The summed E-state index contributed by atoms with van der Waals surface area (Å²) < 4.78 is 11.0. The van der Waals surface area contributed by atoms with Crippen LogP contribution < -0.4 is 10.6 Å². The van der Waals surface area contributed by atoms with Gasteiger partial charge in [0.25, 0.3) is 0 Å². The minimum absolute atomic E-state index is 0.129. The highest BCUT2D eigenvalue weighted by atomic mass is 35.5. The molecule has 0 fully saturated rings. The largest absolute Gasteiger partial charge is 0.372 e. The molecule has 2 rings (SSSR count). The van der Waals surface area contributed by atoms with Gasteiger partial charge in [0.15, 0.2) is 0 Å². The Bertz CT molecular complexity index is 479. The average Bonchev–Trinajstić information content (AvgIpc) is 2.28. The predicted molar refractivity (Wildman–Crippen MR) is 71.0 cm³/mol. The summed E-state index contributed by atoms with van der Waals surface area (Å²) in [4.78, 5) is 11.8. The number of benzene rings is 1. The van der Waals surface area contributed by atoms with Crippen LogP contribution in [0.1, 0.15) is 6.42 Å². The molecule has 1 aliphatic heterocycles. The van der Waals surface area contributed by atoms with Gasteiger partial charge in [-0.05, 0) is 18.6 Å². The summed E-state index contributed by atoms with van der Waals surface area (Å²) in [6, 6.07) is 5.06. The Balaban J connectivity index is 2.16. The molecule has 0 aliphatic carbocycles. The molecule has 6 heteroatoms. The fraction of sp³-hybridized carbons (Fsp3) is 0.364. The molecule has 4 nitrogen and oxygen atoms in total. The summed E-state index contributed by atoms with van der Waals surface area (Å²) in [7, 11) is -0.890. The van der Waals surface area contributed by atoms with Crippen molar-refractivity contribution in [2.45, 2.75) is 12.5 Å². The van der Waals surface area contributed by atoms with Gasteiger partial charge in [-0.3, -0.25) is 9.00 Å². The van der Waals surface area contributed by atoms with Crippen molar-refractivity contribution < 1.29 is 9.00 Å². The van der Waals surface area contributed by atoms with Crippen molar-refractivity contribution in [3.8, 4) is 0 Å². The van der Waals surface area contributed by atoms with Gasteiger partial charge in [-0.1, -0.05) is 17.7 Å². The maximum atomic E-state index is 11.8. The molecule has 0 radical (unpaired) electrons. The summed E-state index contributed by atoms with van der Waals surface area (Å²) in [6.07, 6.45) is 2.17. The van der Waals surface area contributed by atoms with Crippen molar-refractivity contribution in [3.05, 3.63) is 23.2 Å². The van der Waals surface area contributed by atoms with E-state index in [2.05, 4.69) is 10.6 Å². The van der Waals surface area contributed by atoms with Gasteiger partial charge in [0.1, 0.15) is 6.04 Å². The molecule has 1 aromatic carbocycles. The fourth-order valence-corrected chi connectivity index (χ4v) is 2.51. The number of para-hydroxylation sites is 1. The summed E-state index contributed by atoms with van der Waals surface area (Å²) >= 11 is 5.98. The maximum absolute atomic E-state index is 11.8. The van der Waals surface area contributed by atoms with Crippen LogP contribution in [0.3, 0.4) is 0 Å². The second-order valence-corrected chi connectivity index (χ2v) is 5.88. The van der Waals surface area contributed by atoms with Crippen LogP contribution >= 0.6 is 11.6 Å². The number of halogens is 1. The predicted octanol–water partition coefficient (Wildman–Crippen LogP) is 1.84. The van der Waals surface area contributed by atoms with E-state index in [9.17, 15) is 9.00 Å². The number of carbonyl (C=O) groups excluding carboxylic acids is 1. The highest BCUT2D eigenvalue weighted by molar-refractivity contribution is 7.84. The minimum atomic E-state index is -0.890. The van der Waals surface area contributed by atoms with Crippen molar-refractivity contribution in [2.24, 2.45) is 0 Å². The number of amides is 1. The van der Waals surface area contributed by atoms with E-state index in [1.54, 1.807) is 12.3 Å². The number of anilines is 2. The van der Waals surface area contributed by atoms with Gasteiger partial charge in [0, 0.05) is 22.8 Å². The third kappa shape index (κ3) is 2.79. The molecule has 0 saturated heterocycles. The smallest absolute Gasteiger partial charge is 0.246 e. The first-order valence-corrected chi connectivity index (χ1v) is 7.34. The molecule has 2 unspecified atom stereocenters. The van der Waals surface area contributed by atoms with Crippen LogP contribution in [0.15, 0.2) is 18.2 Å². The molecular formula is C11H13ClN2O2S. The molecule has 1 heterocycles. The van der Waals surface area contributed by atoms with E-state index in [1.165, 1.54) is 0 Å². The van der Waals surface area contributed by atoms with Gasteiger partial charge in [0.2, 0.25) is 5.91 Å². The Morgan fingerprint density at radius 1 is 1.47 bits per heavy atom. The van der Waals surface area contributed by atoms with E-state index in [-0.39, 0.29) is 11.9 Å². The molecular weight excluding hydrogens is 260 g/mol. The first kappa shape index (κ1) is 12.4. The molecule has 0 aromatic heterocycles. The van der Waals surface area contributed by atoms with Gasteiger partial charge in [-0.15, -0.1) is 0 Å². The van der Waals surface area contributed by atoms with Gasteiger partial charge in [0.05, 0.1) is 16.4 Å². The topological polar surface area (TPSA) is 58.2 Å². The number of nitrogens with one attached hydrogen (secondary N) is 2. The second-order valence-electron chi connectivity index (χ2n) is 3.91. The van der Waals surface area contributed by atoms with E-state index >= 15 is 0 Å². The van der Waals surface area contributed by atoms with Crippen LogP contribution in [-0.4, -0.2) is 28.2 Å². The second kappa shape index (κ2) is 5.06. The summed E-state index contributed by atoms with van der Waals surface area (Å²) in [6.45, 7) is 0. The lowest BCUT2D eigenvalue weighted by Gasteiger charge is -2.27. The SMILES string of the molecule is CS(=O)CCC1Nc2cccc(Cl)c2NC1=O. The normalized spacial score (nSPS) is 20.1. The quantitative estimate of drug-likeness (QED) is 0.883. The van der Waals surface area contributed by atoms with E-state index < -0.39 is 10.8 Å². The standard InChI is InChI=1S/C11H13ClN2O2S/c1-17(16)6-5-9-11(15)14-10-7(12)3-2-4-8(10)13-9/h2-4,9,13H,5-6H2,1H3,(H,14,15). The first-order valence-electron chi connectivity index (χ1n) is 5.24. The molecule has 17 heavy (non-hydrogen) atoms. The average molecular weight is 273 g/mol. The molecule has 1 aliphatic rings. The van der Waals surface area contributed by atoms with Gasteiger partial charge < -0.3 is 10.6 Å². The minimum Gasteiger partial charge on any atom is -0.372 e. The molecule has 1 aromatic rings. The molecule has 2 atom stereocenters. The van der Waals surface area contributed by atoms with Crippen molar-refractivity contribution in [1.82, 2.24) is 0 Å². The lowest BCUT2D eigenvalue weighted by molar-refractivity contribution is -0.117. The van der Waals surface area contributed by atoms with Crippen LogP contribution in [-0.2, 0) is 15.6 Å². The van der Waals surface area contributed by atoms with Crippen LogP contribution in [0, 0.1) is 0 Å². The third-order valence-electron chi connectivity index (χ3n) is 2.60. The van der Waals surface area contributed by atoms with Crippen molar-refractivity contribution in [3.63, 3.8) is 0 Å². The lowest BCUT2D eigenvalue weighted by Crippen LogP contribution is -2.39. The van der Waals surface area contributed by atoms with Crippen LogP contribution in [0.25, 0.3) is 0 Å². The summed E-state index contributed by atoms with van der Waals surface area (Å²) in [5, 5.41) is 6.40. The molecule has 0 spiro atoms. The Kier molecular flexibility index (Phi) is 3.69.